The van der Waals surface area contributed by atoms with Crippen molar-refractivity contribution in [3.8, 4) is 5.75 Å². The van der Waals surface area contributed by atoms with Gasteiger partial charge < -0.3 is 5.11 Å². The Balaban J connectivity index is 3.23. The molecule has 0 bridgehead atoms. The van der Waals surface area contributed by atoms with Gasteiger partial charge in [-0.05, 0) is 36.1 Å². The Kier molecular flexibility index (Phi) is 2.36. The van der Waals surface area contributed by atoms with E-state index in [1.54, 1.807) is 6.92 Å². The molecule has 0 unspecified atom stereocenters. The molecule has 12 heavy (non-hydrogen) atoms. The maximum Gasteiger partial charge on any atom is 0.126 e. The van der Waals surface area contributed by atoms with E-state index in [1.165, 1.54) is 12.1 Å². The van der Waals surface area contributed by atoms with E-state index in [9.17, 15) is 9.50 Å². The number of hydrogen-bond acceptors (Lipinski definition) is 1. The highest BCUT2D eigenvalue weighted by molar-refractivity contribution is 5.38. The first-order valence-electron chi connectivity index (χ1n) is 4.01. The molecule has 0 heterocycles. The number of rotatable bonds is 1. The predicted octanol–water partition coefficient (Wildman–Crippen LogP) is 2.96. The van der Waals surface area contributed by atoms with Crippen LogP contribution in [-0.4, -0.2) is 5.11 Å². The zero-order chi connectivity index (χ0) is 9.30. The summed E-state index contributed by atoms with van der Waals surface area (Å²) in [6, 6.07) is 2.86. The van der Waals surface area contributed by atoms with Crippen LogP contribution in [0.1, 0.15) is 30.9 Å². The summed E-state index contributed by atoms with van der Waals surface area (Å²) in [4.78, 5) is 0. The van der Waals surface area contributed by atoms with Crippen LogP contribution >= 0.6 is 0 Å². The Labute approximate surface area is 71.9 Å². The third kappa shape index (κ3) is 1.58. The van der Waals surface area contributed by atoms with Gasteiger partial charge in [-0.3, -0.25) is 0 Å². The highest BCUT2D eigenvalue weighted by atomic mass is 19.1. The molecule has 0 spiro atoms. The monoisotopic (exact) mass is 168 g/mol. The molecule has 1 rings (SSSR count). The van der Waals surface area contributed by atoms with Gasteiger partial charge in [-0.1, -0.05) is 13.8 Å². The summed E-state index contributed by atoms with van der Waals surface area (Å²) >= 11 is 0. The molecule has 0 radical (unpaired) electrons. The first-order chi connectivity index (χ1) is 5.52. The van der Waals surface area contributed by atoms with E-state index in [2.05, 4.69) is 0 Å². The zero-order valence-electron chi connectivity index (χ0n) is 7.56. The minimum Gasteiger partial charge on any atom is -0.508 e. The summed E-state index contributed by atoms with van der Waals surface area (Å²) in [6.07, 6.45) is 0. The minimum absolute atomic E-state index is 0.153. The zero-order valence-corrected chi connectivity index (χ0v) is 7.56. The fourth-order valence-corrected chi connectivity index (χ4v) is 1.14. The van der Waals surface area contributed by atoms with Crippen LogP contribution in [-0.2, 0) is 0 Å². The average molecular weight is 168 g/mol. The van der Waals surface area contributed by atoms with Crippen LogP contribution in [0.5, 0.6) is 5.75 Å². The normalized spacial score (nSPS) is 10.8. The van der Waals surface area contributed by atoms with Crippen molar-refractivity contribution in [1.82, 2.24) is 0 Å². The number of halogens is 1. The van der Waals surface area contributed by atoms with E-state index in [4.69, 9.17) is 0 Å². The lowest BCUT2D eigenvalue weighted by Gasteiger charge is -2.09. The van der Waals surface area contributed by atoms with E-state index in [0.717, 1.165) is 0 Å². The Bertz CT molecular complexity index is 292. The molecule has 1 aromatic rings. The highest BCUT2D eigenvalue weighted by Crippen LogP contribution is 2.27. The van der Waals surface area contributed by atoms with Crippen LogP contribution in [0.15, 0.2) is 12.1 Å². The first kappa shape index (κ1) is 9.04. The van der Waals surface area contributed by atoms with Crippen molar-refractivity contribution in [3.63, 3.8) is 0 Å². The maximum atomic E-state index is 13.0. The molecule has 0 aliphatic rings. The summed E-state index contributed by atoms with van der Waals surface area (Å²) < 4.78 is 13.0. The summed E-state index contributed by atoms with van der Waals surface area (Å²) in [5.41, 5.74) is 1.15. The molecule has 0 aliphatic heterocycles. The van der Waals surface area contributed by atoms with Crippen molar-refractivity contribution in [2.24, 2.45) is 0 Å². The molecule has 0 atom stereocenters. The quantitative estimate of drug-likeness (QED) is 0.683. The maximum absolute atomic E-state index is 13.0. The lowest BCUT2D eigenvalue weighted by Crippen LogP contribution is -1.91. The van der Waals surface area contributed by atoms with E-state index in [-0.39, 0.29) is 17.5 Å². The van der Waals surface area contributed by atoms with Crippen LogP contribution in [0, 0.1) is 12.7 Å². The highest BCUT2D eigenvalue weighted by Gasteiger charge is 2.08. The molecular formula is C10H13FO. The summed E-state index contributed by atoms with van der Waals surface area (Å²) in [7, 11) is 0. The molecule has 0 aromatic heterocycles. The fraction of sp³-hybridized carbons (Fsp3) is 0.400. The van der Waals surface area contributed by atoms with Crippen LogP contribution in [0.4, 0.5) is 4.39 Å². The largest absolute Gasteiger partial charge is 0.508 e. The first-order valence-corrected chi connectivity index (χ1v) is 4.01. The van der Waals surface area contributed by atoms with Crippen LogP contribution in [0.25, 0.3) is 0 Å². The molecule has 0 saturated heterocycles. The van der Waals surface area contributed by atoms with Gasteiger partial charge in [-0.2, -0.15) is 0 Å². The number of phenolic OH excluding ortho intramolecular Hbond substituents is 1. The van der Waals surface area contributed by atoms with Gasteiger partial charge in [0, 0.05) is 0 Å². The molecule has 1 aromatic carbocycles. The van der Waals surface area contributed by atoms with E-state index >= 15 is 0 Å². The molecule has 0 amide bonds. The third-order valence-electron chi connectivity index (χ3n) is 1.93. The van der Waals surface area contributed by atoms with Crippen molar-refractivity contribution in [3.05, 3.63) is 29.1 Å². The summed E-state index contributed by atoms with van der Waals surface area (Å²) in [5, 5.41) is 9.42. The topological polar surface area (TPSA) is 20.2 Å². The second kappa shape index (κ2) is 3.13. The Morgan fingerprint density at radius 3 is 2.42 bits per heavy atom. The van der Waals surface area contributed by atoms with Gasteiger partial charge in [-0.25, -0.2) is 4.39 Å². The number of aromatic hydroxyl groups is 1. The SMILES string of the molecule is Cc1cc(O)c(C(C)C)cc1F. The van der Waals surface area contributed by atoms with Gasteiger partial charge in [0.05, 0.1) is 0 Å². The third-order valence-corrected chi connectivity index (χ3v) is 1.93. The molecule has 2 heteroatoms. The van der Waals surface area contributed by atoms with Crippen molar-refractivity contribution in [2.45, 2.75) is 26.7 Å². The van der Waals surface area contributed by atoms with Crippen molar-refractivity contribution in [2.75, 3.05) is 0 Å². The predicted molar refractivity (Wildman–Crippen MR) is 46.9 cm³/mol. The second-order valence-electron chi connectivity index (χ2n) is 3.31. The summed E-state index contributed by atoms with van der Waals surface area (Å²) in [6.45, 7) is 5.48. The molecule has 0 fully saturated rings. The van der Waals surface area contributed by atoms with E-state index in [1.807, 2.05) is 13.8 Å². The van der Waals surface area contributed by atoms with Gasteiger partial charge >= 0.3 is 0 Å². The second-order valence-corrected chi connectivity index (χ2v) is 3.31. The van der Waals surface area contributed by atoms with Gasteiger partial charge in [0.2, 0.25) is 0 Å². The van der Waals surface area contributed by atoms with Gasteiger partial charge in [0.15, 0.2) is 0 Å². The van der Waals surface area contributed by atoms with E-state index < -0.39 is 0 Å². The number of phenols is 1. The van der Waals surface area contributed by atoms with Gasteiger partial charge in [-0.15, -0.1) is 0 Å². The molecule has 66 valence electrons. The lowest BCUT2D eigenvalue weighted by molar-refractivity contribution is 0.461. The number of hydrogen-bond donors (Lipinski definition) is 1. The van der Waals surface area contributed by atoms with Crippen molar-refractivity contribution >= 4 is 0 Å². The number of aryl methyl sites for hydroxylation is 1. The van der Waals surface area contributed by atoms with Crippen molar-refractivity contribution in [1.29, 1.82) is 0 Å². The van der Waals surface area contributed by atoms with Crippen LogP contribution < -0.4 is 0 Å². The fourth-order valence-electron chi connectivity index (χ4n) is 1.14. The molecule has 0 saturated carbocycles. The Morgan fingerprint density at radius 1 is 1.33 bits per heavy atom. The van der Waals surface area contributed by atoms with E-state index in [0.29, 0.717) is 11.1 Å². The van der Waals surface area contributed by atoms with Gasteiger partial charge in [0.25, 0.3) is 0 Å². The van der Waals surface area contributed by atoms with Crippen LogP contribution in [0.2, 0.25) is 0 Å². The minimum atomic E-state index is -0.253. The molecular weight excluding hydrogens is 155 g/mol. The lowest BCUT2D eigenvalue weighted by atomic mass is 10.0. The smallest absolute Gasteiger partial charge is 0.126 e. The average Bonchev–Trinajstić information content (AvgIpc) is 1.96. The molecule has 1 nitrogen and oxygen atoms in total. The number of benzene rings is 1. The Hall–Kier alpha value is -1.05. The Morgan fingerprint density at radius 2 is 1.92 bits per heavy atom. The molecule has 0 aliphatic carbocycles. The standard InChI is InChI=1S/C10H13FO/c1-6(2)8-5-9(11)7(3)4-10(8)12/h4-6,12H,1-3H3. The van der Waals surface area contributed by atoms with Crippen molar-refractivity contribution < 1.29 is 9.50 Å². The van der Waals surface area contributed by atoms with Gasteiger partial charge in [0.1, 0.15) is 11.6 Å². The van der Waals surface area contributed by atoms with Crippen LogP contribution in [0.3, 0.4) is 0 Å². The summed E-state index contributed by atoms with van der Waals surface area (Å²) in [5.74, 6) is 0.0838. The molecule has 1 N–H and O–H groups in total.